The van der Waals surface area contributed by atoms with E-state index in [-0.39, 0.29) is 5.78 Å². The number of carbonyl (C=O) groups is 1. The lowest BCUT2D eigenvalue weighted by atomic mass is 10.2. The van der Waals surface area contributed by atoms with Crippen molar-refractivity contribution in [2.45, 2.75) is 0 Å². The predicted octanol–water partition coefficient (Wildman–Crippen LogP) is 4.26. The summed E-state index contributed by atoms with van der Waals surface area (Å²) in [5.74, 6) is 0.143. The van der Waals surface area contributed by atoms with Crippen LogP contribution in [0.15, 0.2) is 34.3 Å². The van der Waals surface area contributed by atoms with Gasteiger partial charge in [0, 0.05) is 20.3 Å². The van der Waals surface area contributed by atoms with Crippen LogP contribution in [-0.4, -0.2) is 5.78 Å². The summed E-state index contributed by atoms with van der Waals surface area (Å²) in [5.41, 5.74) is 0.800. The van der Waals surface area contributed by atoms with E-state index >= 15 is 0 Å². The summed E-state index contributed by atoms with van der Waals surface area (Å²) in [6.07, 6.45) is 0. The van der Waals surface area contributed by atoms with Gasteiger partial charge in [0.15, 0.2) is 0 Å². The molecule has 3 aromatic heterocycles. The average molecular weight is 250 g/mol. The normalized spacial score (nSPS) is 10.9. The molecule has 0 aliphatic rings. The van der Waals surface area contributed by atoms with Gasteiger partial charge in [0.05, 0.1) is 4.88 Å². The largest absolute Gasteiger partial charge is 0.288 e. The third-order valence-electron chi connectivity index (χ3n) is 2.15. The van der Waals surface area contributed by atoms with Crippen LogP contribution in [0.25, 0.3) is 9.40 Å². The van der Waals surface area contributed by atoms with Crippen molar-refractivity contribution >= 4 is 49.2 Å². The Labute approximate surface area is 98.6 Å². The molecule has 0 aliphatic heterocycles. The minimum absolute atomic E-state index is 0.143. The first-order valence-electron chi connectivity index (χ1n) is 4.38. The second-order valence-corrected chi connectivity index (χ2v) is 5.91. The van der Waals surface area contributed by atoms with Gasteiger partial charge in [0.2, 0.25) is 5.78 Å². The Bertz CT molecular complexity index is 572. The first-order valence-corrected chi connectivity index (χ1v) is 7.02. The van der Waals surface area contributed by atoms with Gasteiger partial charge in [-0.2, -0.15) is 11.3 Å². The molecule has 0 saturated heterocycles. The zero-order chi connectivity index (χ0) is 10.3. The monoisotopic (exact) mass is 250 g/mol. The van der Waals surface area contributed by atoms with Crippen molar-refractivity contribution in [2.75, 3.05) is 0 Å². The summed E-state index contributed by atoms with van der Waals surface area (Å²) in [5, 5.41) is 5.89. The van der Waals surface area contributed by atoms with E-state index in [0.29, 0.717) is 0 Å². The van der Waals surface area contributed by atoms with Crippen LogP contribution in [0.4, 0.5) is 0 Å². The third kappa shape index (κ3) is 1.55. The first kappa shape index (κ1) is 9.27. The molecule has 0 aromatic carbocycles. The SMILES string of the molecule is O=C(c1ccsc1)c1cc2sccc2s1. The molecule has 0 saturated carbocycles. The fourth-order valence-corrected chi connectivity index (χ4v) is 4.12. The van der Waals surface area contributed by atoms with Crippen molar-refractivity contribution in [3.8, 4) is 0 Å². The van der Waals surface area contributed by atoms with Gasteiger partial charge in [-0.15, -0.1) is 22.7 Å². The Morgan fingerprint density at radius 3 is 2.80 bits per heavy atom. The molecular weight excluding hydrogens is 244 g/mol. The average Bonchev–Trinajstić information content (AvgIpc) is 2.92. The Kier molecular flexibility index (Phi) is 2.20. The highest BCUT2D eigenvalue weighted by molar-refractivity contribution is 7.28. The van der Waals surface area contributed by atoms with Gasteiger partial charge in [-0.25, -0.2) is 0 Å². The van der Waals surface area contributed by atoms with E-state index in [4.69, 9.17) is 0 Å². The van der Waals surface area contributed by atoms with Gasteiger partial charge < -0.3 is 0 Å². The van der Waals surface area contributed by atoms with Gasteiger partial charge in [-0.1, -0.05) is 0 Å². The molecule has 0 amide bonds. The topological polar surface area (TPSA) is 17.1 Å². The first-order chi connectivity index (χ1) is 7.34. The molecule has 0 radical (unpaired) electrons. The summed E-state index contributed by atoms with van der Waals surface area (Å²) in [6, 6.07) is 5.93. The van der Waals surface area contributed by atoms with Crippen molar-refractivity contribution in [3.05, 3.63) is 44.8 Å². The molecule has 0 N–H and O–H groups in total. The molecular formula is C11H6OS3. The van der Waals surface area contributed by atoms with E-state index in [9.17, 15) is 4.79 Å². The Morgan fingerprint density at radius 2 is 2.07 bits per heavy atom. The molecule has 0 bridgehead atoms. The summed E-state index contributed by atoms with van der Waals surface area (Å²) in [6.45, 7) is 0. The number of hydrogen-bond acceptors (Lipinski definition) is 4. The third-order valence-corrected chi connectivity index (χ3v) is 4.92. The zero-order valence-corrected chi connectivity index (χ0v) is 10.0. The van der Waals surface area contributed by atoms with Crippen LogP contribution in [0, 0.1) is 0 Å². The summed E-state index contributed by atoms with van der Waals surface area (Å²) in [4.78, 5) is 12.8. The molecule has 0 spiro atoms. The molecule has 3 heterocycles. The van der Waals surface area contributed by atoms with Gasteiger partial charge in [-0.05, 0) is 29.0 Å². The maximum Gasteiger partial charge on any atom is 0.203 e. The highest BCUT2D eigenvalue weighted by Crippen LogP contribution is 2.31. The standard InChI is InChI=1S/C11H6OS3/c12-11(7-1-3-13-6-7)10-5-9-8(15-10)2-4-14-9/h1-6H. The summed E-state index contributed by atoms with van der Waals surface area (Å²) >= 11 is 4.82. The molecule has 3 aromatic rings. The van der Waals surface area contributed by atoms with Crippen LogP contribution in [0.3, 0.4) is 0 Å². The summed E-state index contributed by atoms with van der Waals surface area (Å²) < 4.78 is 2.41. The lowest BCUT2D eigenvalue weighted by Gasteiger charge is -1.90. The molecule has 15 heavy (non-hydrogen) atoms. The number of carbonyl (C=O) groups excluding carboxylic acids is 1. The van der Waals surface area contributed by atoms with E-state index in [1.165, 1.54) is 9.40 Å². The van der Waals surface area contributed by atoms with Gasteiger partial charge in [0.25, 0.3) is 0 Å². The lowest BCUT2D eigenvalue weighted by molar-refractivity contribution is 0.104. The van der Waals surface area contributed by atoms with E-state index in [1.807, 2.05) is 22.9 Å². The van der Waals surface area contributed by atoms with Crippen molar-refractivity contribution < 1.29 is 4.79 Å². The molecule has 4 heteroatoms. The molecule has 0 unspecified atom stereocenters. The van der Waals surface area contributed by atoms with Crippen molar-refractivity contribution in [1.29, 1.82) is 0 Å². The Hall–Kier alpha value is -0.970. The number of fused-ring (bicyclic) bond motifs is 1. The highest BCUT2D eigenvalue weighted by atomic mass is 32.1. The number of thiophene rings is 3. The maximum atomic E-state index is 12.0. The minimum atomic E-state index is 0.143. The minimum Gasteiger partial charge on any atom is -0.288 e. The van der Waals surface area contributed by atoms with E-state index in [2.05, 4.69) is 11.4 Å². The van der Waals surface area contributed by atoms with E-state index < -0.39 is 0 Å². The van der Waals surface area contributed by atoms with E-state index in [0.717, 1.165) is 10.4 Å². The molecule has 74 valence electrons. The van der Waals surface area contributed by atoms with Gasteiger partial charge in [-0.3, -0.25) is 4.79 Å². The maximum absolute atomic E-state index is 12.0. The quantitative estimate of drug-likeness (QED) is 0.621. The predicted molar refractivity (Wildman–Crippen MR) is 67.5 cm³/mol. The zero-order valence-electron chi connectivity index (χ0n) is 7.60. The van der Waals surface area contributed by atoms with Crippen LogP contribution in [0.5, 0.6) is 0 Å². The number of rotatable bonds is 2. The van der Waals surface area contributed by atoms with Crippen LogP contribution in [0.1, 0.15) is 15.2 Å². The Balaban J connectivity index is 2.07. The van der Waals surface area contributed by atoms with Gasteiger partial charge >= 0.3 is 0 Å². The number of hydrogen-bond donors (Lipinski definition) is 0. The fraction of sp³-hybridized carbons (Fsp3) is 0. The van der Waals surface area contributed by atoms with Crippen LogP contribution in [-0.2, 0) is 0 Å². The molecule has 1 nitrogen and oxygen atoms in total. The number of ketones is 1. The Morgan fingerprint density at radius 1 is 1.13 bits per heavy atom. The lowest BCUT2D eigenvalue weighted by Crippen LogP contribution is -1.94. The van der Waals surface area contributed by atoms with Gasteiger partial charge in [0.1, 0.15) is 0 Å². The molecule has 3 rings (SSSR count). The smallest absolute Gasteiger partial charge is 0.203 e. The van der Waals surface area contributed by atoms with Crippen molar-refractivity contribution in [1.82, 2.24) is 0 Å². The summed E-state index contributed by atoms with van der Waals surface area (Å²) in [7, 11) is 0. The van der Waals surface area contributed by atoms with Crippen LogP contribution in [0.2, 0.25) is 0 Å². The molecule has 0 aliphatic carbocycles. The molecule has 0 fully saturated rings. The van der Waals surface area contributed by atoms with Crippen molar-refractivity contribution in [3.63, 3.8) is 0 Å². The highest BCUT2D eigenvalue weighted by Gasteiger charge is 2.13. The second kappa shape index (κ2) is 3.56. The van der Waals surface area contributed by atoms with Crippen LogP contribution >= 0.6 is 34.0 Å². The second-order valence-electron chi connectivity index (χ2n) is 3.10. The van der Waals surface area contributed by atoms with E-state index in [1.54, 1.807) is 34.0 Å². The molecule has 0 atom stereocenters. The fourth-order valence-electron chi connectivity index (χ4n) is 1.41. The van der Waals surface area contributed by atoms with Crippen molar-refractivity contribution in [2.24, 2.45) is 0 Å². The van der Waals surface area contributed by atoms with Crippen LogP contribution < -0.4 is 0 Å².